The van der Waals surface area contributed by atoms with Crippen molar-refractivity contribution in [3.63, 3.8) is 0 Å². The molecular weight excluding hydrogens is 919 g/mol. The summed E-state index contributed by atoms with van der Waals surface area (Å²) in [6.45, 7) is 16.1. The maximum absolute atomic E-state index is 13.4. The molecule has 0 spiro atoms. The molecule has 0 bridgehead atoms. The summed E-state index contributed by atoms with van der Waals surface area (Å²) in [4.78, 5) is 54.2. The number of carbonyl (C=O) groups is 2. The predicted molar refractivity (Wildman–Crippen MR) is 270 cm³/mol. The van der Waals surface area contributed by atoms with Crippen LogP contribution in [0.1, 0.15) is 61.0 Å². The van der Waals surface area contributed by atoms with Gasteiger partial charge in [0.15, 0.2) is 0 Å². The highest BCUT2D eigenvalue weighted by molar-refractivity contribution is 9.10. The lowest BCUT2D eigenvalue weighted by Gasteiger charge is -2.43. The number of methoxy groups -OCH3 is 1. The molecule has 2 fully saturated rings. The molecule has 66 heavy (non-hydrogen) atoms. The number of amides is 2. The number of hydrogen-bond donors (Lipinski definition) is 5. The fourth-order valence-corrected chi connectivity index (χ4v) is 10.1. The number of aryl methyl sites for hydroxylation is 1. The zero-order valence-corrected chi connectivity index (χ0v) is 40.6. The zero-order valence-electron chi connectivity index (χ0n) is 38.2. The van der Waals surface area contributed by atoms with Gasteiger partial charge in [-0.25, -0.2) is 4.98 Å². The SMILES string of the molecule is C=CNC(=O)C(CCC)N1Cc2c(NCCN3CCN(C4CCN(c5cc(OC)c(Nc6ncc(Br)c(Nc7ccc8nccnc8c7NSC)n6)cc5CC)CC4)CC3)cccc2C1=O. The van der Waals surface area contributed by atoms with E-state index in [1.54, 1.807) is 30.6 Å². The van der Waals surface area contributed by atoms with Crippen molar-refractivity contribution in [3.8, 4) is 5.75 Å². The lowest BCUT2D eigenvalue weighted by molar-refractivity contribution is -0.125. The van der Waals surface area contributed by atoms with Crippen molar-refractivity contribution >= 4 is 90.9 Å². The molecule has 2 amide bonds. The zero-order chi connectivity index (χ0) is 46.2. The lowest BCUT2D eigenvalue weighted by Crippen LogP contribution is -2.53. The normalized spacial score (nSPS) is 16.2. The molecule has 1 unspecified atom stereocenters. The van der Waals surface area contributed by atoms with Crippen molar-refractivity contribution in [3.05, 3.63) is 95.0 Å². The topological polar surface area (TPSA) is 168 Å². The number of nitrogens with one attached hydrogen (secondary N) is 5. The fraction of sp³-hybridized carbons (Fsp3) is 0.417. The van der Waals surface area contributed by atoms with Crippen LogP contribution >= 0.6 is 27.9 Å². The maximum atomic E-state index is 13.4. The third-order valence-electron chi connectivity index (χ3n) is 12.8. The van der Waals surface area contributed by atoms with Gasteiger partial charge >= 0.3 is 0 Å². The first-order valence-electron chi connectivity index (χ1n) is 22.8. The van der Waals surface area contributed by atoms with Crippen LogP contribution in [0.5, 0.6) is 5.75 Å². The van der Waals surface area contributed by atoms with Gasteiger partial charge in [0.2, 0.25) is 11.9 Å². The highest BCUT2D eigenvalue weighted by Crippen LogP contribution is 2.39. The number of halogens is 1. The third-order valence-corrected chi connectivity index (χ3v) is 13.8. The molecule has 3 aromatic carbocycles. The molecule has 5 N–H and O–H groups in total. The molecule has 2 aromatic heterocycles. The van der Waals surface area contributed by atoms with Crippen LogP contribution in [0.2, 0.25) is 0 Å². The van der Waals surface area contributed by atoms with Crippen LogP contribution in [0.15, 0.2) is 78.3 Å². The van der Waals surface area contributed by atoms with Gasteiger partial charge in [-0.3, -0.25) is 29.4 Å². The largest absolute Gasteiger partial charge is 0.494 e. The number of carbonyl (C=O) groups excluding carboxylic acids is 2. The highest BCUT2D eigenvalue weighted by atomic mass is 79.9. The molecule has 348 valence electrons. The molecule has 0 saturated carbocycles. The van der Waals surface area contributed by atoms with Crippen molar-refractivity contribution in [2.75, 3.05) is 91.3 Å². The average molecular weight is 979 g/mol. The predicted octanol–water partition coefficient (Wildman–Crippen LogP) is 8.01. The minimum absolute atomic E-state index is 0.0889. The minimum atomic E-state index is -0.522. The summed E-state index contributed by atoms with van der Waals surface area (Å²) >= 11 is 5.12. The van der Waals surface area contributed by atoms with E-state index in [-0.39, 0.29) is 11.8 Å². The Morgan fingerprint density at radius 3 is 2.55 bits per heavy atom. The van der Waals surface area contributed by atoms with E-state index in [0.717, 1.165) is 123 Å². The molecule has 3 aliphatic heterocycles. The molecule has 0 aliphatic carbocycles. The molecule has 16 nitrogen and oxygen atoms in total. The van der Waals surface area contributed by atoms with Gasteiger partial charge in [-0.1, -0.05) is 44.9 Å². The van der Waals surface area contributed by atoms with Gasteiger partial charge in [-0.15, -0.1) is 0 Å². The molecule has 5 heterocycles. The first-order valence-corrected chi connectivity index (χ1v) is 24.8. The molecule has 5 aromatic rings. The Hall–Kier alpha value is -5.69. The summed E-state index contributed by atoms with van der Waals surface area (Å²) in [5.74, 6) is 1.48. The van der Waals surface area contributed by atoms with E-state index in [1.165, 1.54) is 29.4 Å². The van der Waals surface area contributed by atoms with E-state index < -0.39 is 6.04 Å². The number of aromatic nitrogens is 4. The molecular formula is C48H60BrN13O3S. The van der Waals surface area contributed by atoms with Crippen LogP contribution in [0.4, 0.5) is 40.2 Å². The van der Waals surface area contributed by atoms with Crippen molar-refractivity contribution in [2.45, 2.75) is 64.6 Å². The van der Waals surface area contributed by atoms with E-state index in [4.69, 9.17) is 9.72 Å². The van der Waals surface area contributed by atoms with Crippen LogP contribution < -0.4 is 35.6 Å². The number of rotatable bonds is 19. The van der Waals surface area contributed by atoms with Crippen LogP contribution in [0, 0.1) is 0 Å². The molecule has 3 aliphatic rings. The van der Waals surface area contributed by atoms with Crippen LogP contribution in [0.25, 0.3) is 11.0 Å². The highest BCUT2D eigenvalue weighted by Gasteiger charge is 2.37. The summed E-state index contributed by atoms with van der Waals surface area (Å²) in [5.41, 5.74) is 9.05. The van der Waals surface area contributed by atoms with E-state index in [0.29, 0.717) is 40.8 Å². The van der Waals surface area contributed by atoms with Crippen molar-refractivity contribution in [1.29, 1.82) is 0 Å². The van der Waals surface area contributed by atoms with Crippen LogP contribution in [-0.2, 0) is 17.8 Å². The summed E-state index contributed by atoms with van der Waals surface area (Å²) in [6.07, 6.45) is 12.9. The van der Waals surface area contributed by atoms with Crippen molar-refractivity contribution in [2.24, 2.45) is 0 Å². The maximum Gasteiger partial charge on any atom is 0.255 e. The number of piperidine rings is 1. The number of hydrogen-bond acceptors (Lipinski definition) is 15. The second-order valence-corrected chi connectivity index (χ2v) is 18.2. The molecule has 18 heteroatoms. The number of anilines is 7. The number of nitrogens with zero attached hydrogens (tertiary/aromatic N) is 8. The molecule has 1 atom stereocenters. The summed E-state index contributed by atoms with van der Waals surface area (Å²) in [5, 5.41) is 13.2. The molecule has 2 saturated heterocycles. The van der Waals surface area contributed by atoms with Crippen LogP contribution in [-0.4, -0.2) is 124 Å². The minimum Gasteiger partial charge on any atom is -0.494 e. The Labute approximate surface area is 400 Å². The van der Waals surface area contributed by atoms with Gasteiger partial charge in [-0.05, 0) is 83.7 Å². The van der Waals surface area contributed by atoms with E-state index in [1.807, 2.05) is 43.5 Å². The standard InChI is InChI=1S/C48H60BrN13O3S/c1-6-10-40(46(63)50-8-3)62-30-34-33(47(62)64)11-9-12-36(34)52-19-22-59-23-25-60(26-24-59)32-15-20-61(21-16-32)41-28-42(65-4)39(27-31(41)7-2)56-48-54-29-35(49)45(57-48)55-38-14-13-37-43(44(38)58-66-5)53-18-17-51-37/h8-9,11-14,17-18,27-29,32,40,52,58H,3,6-7,10,15-16,19-26,30H2,1-2,4-5H3,(H,50,63)(H2,54,55,56,57). The first kappa shape index (κ1) is 46.8. The molecule has 0 radical (unpaired) electrons. The first-order chi connectivity index (χ1) is 32.2. The van der Waals surface area contributed by atoms with E-state index in [9.17, 15) is 9.59 Å². The Morgan fingerprint density at radius 1 is 1.00 bits per heavy atom. The Balaban J connectivity index is 0.838. The number of ether oxygens (including phenoxy) is 1. The number of benzene rings is 3. The Bertz CT molecular complexity index is 2530. The van der Waals surface area contributed by atoms with E-state index >= 15 is 0 Å². The van der Waals surface area contributed by atoms with Gasteiger partial charge in [0, 0.05) is 118 Å². The second-order valence-electron chi connectivity index (χ2n) is 16.7. The molecule has 8 rings (SSSR count). The summed E-state index contributed by atoms with van der Waals surface area (Å²) in [7, 11) is 1.71. The summed E-state index contributed by atoms with van der Waals surface area (Å²) in [6, 6.07) is 14.1. The fourth-order valence-electron chi connectivity index (χ4n) is 9.41. The number of piperazine rings is 1. The Kier molecular flexibility index (Phi) is 15.4. The monoisotopic (exact) mass is 977 g/mol. The van der Waals surface area contributed by atoms with Crippen molar-refractivity contribution in [1.82, 2.24) is 40.0 Å². The van der Waals surface area contributed by atoms with Crippen LogP contribution in [0.3, 0.4) is 0 Å². The van der Waals surface area contributed by atoms with Gasteiger partial charge in [0.25, 0.3) is 5.91 Å². The lowest BCUT2D eigenvalue weighted by atomic mass is 9.99. The average Bonchev–Trinajstić information content (AvgIpc) is 3.68. The van der Waals surface area contributed by atoms with E-state index in [2.05, 4.69) is 97.2 Å². The Morgan fingerprint density at radius 2 is 1.80 bits per heavy atom. The van der Waals surface area contributed by atoms with Gasteiger partial charge in [-0.2, -0.15) is 4.98 Å². The van der Waals surface area contributed by atoms with Gasteiger partial charge in [0.1, 0.15) is 23.1 Å². The quantitative estimate of drug-likeness (QED) is 0.0505. The van der Waals surface area contributed by atoms with Crippen molar-refractivity contribution < 1.29 is 14.3 Å². The van der Waals surface area contributed by atoms with Gasteiger partial charge in [0.05, 0.1) is 34.2 Å². The van der Waals surface area contributed by atoms with Gasteiger partial charge < -0.3 is 40.5 Å². The smallest absolute Gasteiger partial charge is 0.255 e. The second kappa shape index (κ2) is 21.7. The third kappa shape index (κ3) is 10.3. The summed E-state index contributed by atoms with van der Waals surface area (Å²) < 4.78 is 10.0. The number of fused-ring (bicyclic) bond motifs is 2.